The number of aromatic nitrogens is 2. The van der Waals surface area contributed by atoms with Gasteiger partial charge in [-0.1, -0.05) is 0 Å². The van der Waals surface area contributed by atoms with Crippen molar-refractivity contribution < 1.29 is 19.5 Å². The molecular weight excluding hydrogens is 310 g/mol. The Morgan fingerprint density at radius 3 is 2.88 bits per heavy atom. The Balaban J connectivity index is 1.64. The van der Waals surface area contributed by atoms with Gasteiger partial charge in [0.15, 0.2) is 5.78 Å². The molecule has 1 N–H and O–H groups in total. The highest BCUT2D eigenvalue weighted by atomic mass is 16.4. The Bertz CT molecular complexity index is 872. The Labute approximate surface area is 137 Å². The summed E-state index contributed by atoms with van der Waals surface area (Å²) in [5.41, 5.74) is 1.24. The molecule has 0 aromatic carbocycles. The van der Waals surface area contributed by atoms with E-state index < -0.39 is 12.0 Å². The number of carboxylic acid groups (broad SMARTS) is 1. The number of amides is 1. The molecule has 2 aliphatic rings. The summed E-state index contributed by atoms with van der Waals surface area (Å²) in [6, 6.07) is 1.03. The number of carbonyl (C=O) groups is 3. The molecule has 24 heavy (non-hydrogen) atoms. The third-order valence-electron chi connectivity index (χ3n) is 5.09. The van der Waals surface area contributed by atoms with Crippen LogP contribution in [0.1, 0.15) is 23.7 Å². The van der Waals surface area contributed by atoms with E-state index in [4.69, 9.17) is 0 Å². The number of aliphatic carboxylic acids is 1. The molecule has 1 amide bonds. The molecule has 0 bridgehead atoms. The predicted molar refractivity (Wildman–Crippen MR) is 84.5 cm³/mol. The summed E-state index contributed by atoms with van der Waals surface area (Å²) in [4.78, 5) is 41.4. The normalized spacial score (nSPS) is 24.9. The summed E-state index contributed by atoms with van der Waals surface area (Å²) in [6.45, 7) is 2.01. The van der Waals surface area contributed by atoms with Crippen LogP contribution in [-0.4, -0.2) is 49.8 Å². The SMILES string of the molecule is CC(=O)c1cn(CC(=O)N2C[C@H]3C[C@H]3[C@H]2C(=O)O)c2cnccc12. The highest BCUT2D eigenvalue weighted by Crippen LogP contribution is 2.49. The number of rotatable bonds is 4. The minimum atomic E-state index is -0.934. The number of piperidine rings is 1. The molecule has 0 radical (unpaired) electrons. The van der Waals surface area contributed by atoms with Gasteiger partial charge in [-0.15, -0.1) is 0 Å². The van der Waals surface area contributed by atoms with Crippen molar-refractivity contribution in [3.05, 3.63) is 30.2 Å². The van der Waals surface area contributed by atoms with Gasteiger partial charge in [0.2, 0.25) is 5.91 Å². The average Bonchev–Trinajstić information content (AvgIpc) is 3.04. The minimum Gasteiger partial charge on any atom is -0.480 e. The first kappa shape index (κ1) is 14.9. The molecule has 7 heteroatoms. The van der Waals surface area contributed by atoms with Crippen LogP contribution in [0.15, 0.2) is 24.7 Å². The van der Waals surface area contributed by atoms with Gasteiger partial charge < -0.3 is 14.6 Å². The topological polar surface area (TPSA) is 92.5 Å². The summed E-state index contributed by atoms with van der Waals surface area (Å²) in [5.74, 6) is -0.821. The first-order valence-corrected chi connectivity index (χ1v) is 7.93. The maximum atomic E-state index is 12.7. The second kappa shape index (κ2) is 5.15. The van der Waals surface area contributed by atoms with Crippen molar-refractivity contribution in [3.63, 3.8) is 0 Å². The second-order valence-corrected chi connectivity index (χ2v) is 6.61. The average molecular weight is 327 g/mol. The standard InChI is InChI=1S/C17H17N3O4/c1-9(21)13-7-19(14-5-18-3-2-11(13)14)8-15(22)20-6-10-4-12(10)16(20)17(23)24/h2-3,5,7,10,12,16H,4,6,8H2,1H3,(H,23,24)/t10-,12-,16+/m1/s1. The van der Waals surface area contributed by atoms with E-state index in [0.717, 1.165) is 11.8 Å². The van der Waals surface area contributed by atoms with Crippen molar-refractivity contribution in [1.29, 1.82) is 0 Å². The lowest BCUT2D eigenvalue weighted by molar-refractivity contribution is -0.149. The first-order valence-electron chi connectivity index (χ1n) is 7.93. The lowest BCUT2D eigenvalue weighted by Gasteiger charge is -2.24. The van der Waals surface area contributed by atoms with Gasteiger partial charge >= 0.3 is 5.97 Å². The van der Waals surface area contributed by atoms with E-state index in [0.29, 0.717) is 23.5 Å². The summed E-state index contributed by atoms with van der Waals surface area (Å²) in [7, 11) is 0. The summed E-state index contributed by atoms with van der Waals surface area (Å²) < 4.78 is 1.68. The number of ketones is 1. The zero-order valence-corrected chi connectivity index (χ0v) is 13.2. The van der Waals surface area contributed by atoms with Crippen LogP contribution in [-0.2, 0) is 16.1 Å². The Hall–Kier alpha value is -2.70. The van der Waals surface area contributed by atoms with Gasteiger partial charge in [-0.3, -0.25) is 14.6 Å². The molecule has 1 saturated heterocycles. The number of Topliss-reactive ketones (excluding diaryl/α,β-unsaturated/α-hetero) is 1. The van der Waals surface area contributed by atoms with Crippen LogP contribution >= 0.6 is 0 Å². The quantitative estimate of drug-likeness (QED) is 0.851. The molecule has 124 valence electrons. The van der Waals surface area contributed by atoms with Crippen molar-refractivity contribution in [2.45, 2.75) is 25.9 Å². The first-order chi connectivity index (χ1) is 11.5. The second-order valence-electron chi connectivity index (χ2n) is 6.61. The molecule has 1 aliphatic heterocycles. The highest BCUT2D eigenvalue weighted by molar-refractivity contribution is 6.07. The molecule has 0 spiro atoms. The number of carbonyl (C=O) groups excluding carboxylic acids is 2. The maximum Gasteiger partial charge on any atom is 0.326 e. The van der Waals surface area contributed by atoms with Gasteiger partial charge in [-0.25, -0.2) is 4.79 Å². The molecular formula is C17H17N3O4. The molecule has 2 aromatic rings. The van der Waals surface area contributed by atoms with E-state index in [1.807, 2.05) is 0 Å². The summed E-state index contributed by atoms with van der Waals surface area (Å²) in [5, 5.41) is 10.1. The van der Waals surface area contributed by atoms with Crippen LogP contribution in [0.5, 0.6) is 0 Å². The van der Waals surface area contributed by atoms with Crippen molar-refractivity contribution >= 4 is 28.6 Å². The molecule has 1 saturated carbocycles. The Kier molecular flexibility index (Phi) is 3.19. The number of likely N-dealkylation sites (tertiary alicyclic amines) is 1. The molecule has 3 heterocycles. The summed E-state index contributed by atoms with van der Waals surface area (Å²) in [6.07, 6.45) is 5.77. The van der Waals surface area contributed by atoms with E-state index >= 15 is 0 Å². The number of pyridine rings is 1. The van der Waals surface area contributed by atoms with Gasteiger partial charge in [-0.05, 0) is 31.2 Å². The van der Waals surface area contributed by atoms with Crippen LogP contribution in [0.25, 0.3) is 10.9 Å². The largest absolute Gasteiger partial charge is 0.480 e. The maximum absolute atomic E-state index is 12.7. The Morgan fingerprint density at radius 2 is 2.17 bits per heavy atom. The fraction of sp³-hybridized carbons (Fsp3) is 0.412. The lowest BCUT2D eigenvalue weighted by atomic mass is 10.1. The van der Waals surface area contributed by atoms with Crippen molar-refractivity contribution in [1.82, 2.24) is 14.5 Å². The fourth-order valence-corrected chi connectivity index (χ4v) is 3.82. The predicted octanol–water partition coefficient (Wildman–Crippen LogP) is 1.17. The van der Waals surface area contributed by atoms with Gasteiger partial charge in [0.1, 0.15) is 12.6 Å². The van der Waals surface area contributed by atoms with E-state index in [1.54, 1.807) is 29.2 Å². The van der Waals surface area contributed by atoms with Crippen LogP contribution in [0.4, 0.5) is 0 Å². The molecule has 1 aliphatic carbocycles. The molecule has 0 unspecified atom stereocenters. The molecule has 3 atom stereocenters. The van der Waals surface area contributed by atoms with Crippen molar-refractivity contribution in [3.8, 4) is 0 Å². The van der Waals surface area contributed by atoms with Gasteiger partial charge in [-0.2, -0.15) is 0 Å². The molecule has 2 aromatic heterocycles. The smallest absolute Gasteiger partial charge is 0.326 e. The van der Waals surface area contributed by atoms with Crippen molar-refractivity contribution in [2.24, 2.45) is 11.8 Å². The van der Waals surface area contributed by atoms with Crippen LogP contribution in [0.2, 0.25) is 0 Å². The minimum absolute atomic E-state index is 0.0126. The molecule has 7 nitrogen and oxygen atoms in total. The van der Waals surface area contributed by atoms with Gasteiger partial charge in [0.05, 0.1) is 11.7 Å². The lowest BCUT2D eigenvalue weighted by Crippen LogP contribution is -2.44. The van der Waals surface area contributed by atoms with Gasteiger partial charge in [0.25, 0.3) is 0 Å². The number of hydrogen-bond acceptors (Lipinski definition) is 4. The van der Waals surface area contributed by atoms with Crippen LogP contribution < -0.4 is 0 Å². The van der Waals surface area contributed by atoms with Gasteiger partial charge in [0, 0.05) is 29.9 Å². The highest BCUT2D eigenvalue weighted by Gasteiger charge is 2.56. The third-order valence-corrected chi connectivity index (χ3v) is 5.09. The van der Waals surface area contributed by atoms with E-state index in [-0.39, 0.29) is 24.2 Å². The van der Waals surface area contributed by atoms with E-state index in [2.05, 4.69) is 4.98 Å². The van der Waals surface area contributed by atoms with E-state index in [9.17, 15) is 19.5 Å². The number of carboxylic acids is 1. The fourth-order valence-electron chi connectivity index (χ4n) is 3.82. The number of hydrogen-bond donors (Lipinski definition) is 1. The van der Waals surface area contributed by atoms with Crippen molar-refractivity contribution in [2.75, 3.05) is 6.54 Å². The zero-order valence-electron chi connectivity index (χ0n) is 13.2. The van der Waals surface area contributed by atoms with E-state index in [1.165, 1.54) is 11.8 Å². The molecule has 4 rings (SSSR count). The monoisotopic (exact) mass is 327 g/mol. The summed E-state index contributed by atoms with van der Waals surface area (Å²) >= 11 is 0. The Morgan fingerprint density at radius 1 is 1.38 bits per heavy atom. The third kappa shape index (κ3) is 2.19. The number of nitrogens with zero attached hydrogens (tertiary/aromatic N) is 3. The zero-order chi connectivity index (χ0) is 17.0. The van der Waals surface area contributed by atoms with Crippen LogP contribution in [0.3, 0.4) is 0 Å². The number of fused-ring (bicyclic) bond motifs is 2. The molecule has 2 fully saturated rings. The van der Waals surface area contributed by atoms with Crippen LogP contribution in [0, 0.1) is 11.8 Å².